The molecular weight excluding hydrogens is 468 g/mol. The molecule has 0 bridgehead atoms. The van der Waals surface area contributed by atoms with E-state index in [1.54, 1.807) is 0 Å². The topological polar surface area (TPSA) is 143 Å². The van der Waals surface area contributed by atoms with Crippen LogP contribution in [0.5, 0.6) is 0 Å². The summed E-state index contributed by atoms with van der Waals surface area (Å²) < 4.78 is 22.4. The first-order valence-electron chi connectivity index (χ1n) is 8.80. The highest BCUT2D eigenvalue weighted by atomic mass is 79.9. The van der Waals surface area contributed by atoms with Crippen LogP contribution >= 0.6 is 15.9 Å². The lowest BCUT2D eigenvalue weighted by Gasteiger charge is -2.25. The van der Waals surface area contributed by atoms with E-state index in [0.717, 1.165) is 18.4 Å². The van der Waals surface area contributed by atoms with Crippen LogP contribution < -0.4 is 11.2 Å². The molecule has 2 rings (SSSR count). The normalized spacial score (nSPS) is 24.0. The summed E-state index contributed by atoms with van der Waals surface area (Å²) in [5, 5.41) is 0. The molecule has 0 amide bonds. The van der Waals surface area contributed by atoms with Gasteiger partial charge in [0.2, 0.25) is 0 Å². The number of esters is 3. The Morgan fingerprint density at radius 2 is 1.87 bits per heavy atom. The van der Waals surface area contributed by atoms with E-state index in [1.165, 1.54) is 19.2 Å². The first-order chi connectivity index (χ1) is 14.1. The van der Waals surface area contributed by atoms with Gasteiger partial charge in [-0.2, -0.15) is 0 Å². The average Bonchev–Trinajstić information content (AvgIpc) is 2.98. The van der Waals surface area contributed by atoms with E-state index in [2.05, 4.69) is 27.5 Å². The van der Waals surface area contributed by atoms with Gasteiger partial charge in [0.25, 0.3) is 5.56 Å². The third kappa shape index (κ3) is 5.25. The summed E-state index contributed by atoms with van der Waals surface area (Å²) in [6, 6.07) is 0. The molecule has 0 unspecified atom stereocenters. The Morgan fingerprint density at radius 1 is 1.27 bits per heavy atom. The molecule has 0 aromatic carbocycles. The van der Waals surface area contributed by atoms with Gasteiger partial charge in [-0.05, 0) is 6.92 Å². The van der Waals surface area contributed by atoms with Gasteiger partial charge >= 0.3 is 23.6 Å². The van der Waals surface area contributed by atoms with Gasteiger partial charge in [0.15, 0.2) is 18.4 Å². The molecule has 5 atom stereocenters. The van der Waals surface area contributed by atoms with Crippen LogP contribution in [0.3, 0.4) is 0 Å². The zero-order valence-corrected chi connectivity index (χ0v) is 18.0. The zero-order valence-electron chi connectivity index (χ0n) is 16.5. The summed E-state index contributed by atoms with van der Waals surface area (Å²) in [4.78, 5) is 60.7. The Balaban J connectivity index is 2.52. The molecule has 11 nitrogen and oxygen atoms in total. The minimum Gasteiger partial charge on any atom is -0.461 e. The van der Waals surface area contributed by atoms with Gasteiger partial charge in [0, 0.05) is 25.6 Å². The summed E-state index contributed by atoms with van der Waals surface area (Å²) >= 11 is 3.16. The predicted octanol–water partition coefficient (Wildman–Crippen LogP) is 0.0985. The Labute approximate surface area is 179 Å². The van der Waals surface area contributed by atoms with Crippen molar-refractivity contribution >= 4 is 33.8 Å². The van der Waals surface area contributed by atoms with Crippen LogP contribution in [0, 0.1) is 6.92 Å². The monoisotopic (exact) mass is 488 g/mol. The quantitative estimate of drug-likeness (QED) is 0.244. The van der Waals surface area contributed by atoms with E-state index in [9.17, 15) is 24.0 Å². The van der Waals surface area contributed by atoms with Crippen molar-refractivity contribution < 1.29 is 33.3 Å². The van der Waals surface area contributed by atoms with Gasteiger partial charge < -0.3 is 18.9 Å². The number of rotatable bonds is 7. The number of aryl methyl sites for hydroxylation is 1. The molecule has 0 radical (unpaired) electrons. The van der Waals surface area contributed by atoms with Crippen LogP contribution in [-0.2, 0) is 33.3 Å². The van der Waals surface area contributed by atoms with E-state index >= 15 is 0 Å². The maximum Gasteiger partial charge on any atom is 0.330 e. The van der Waals surface area contributed by atoms with Crippen LogP contribution in [0.1, 0.15) is 25.6 Å². The maximum absolute atomic E-state index is 12.4. The SMILES string of the molecule is C=CCOC(=O)[C@@H](Br)[C@H]1O[C@@H](n2cc(C)c(=O)[nH]c2=O)[C@H](OC(C)=O)[C@@H]1OC(C)=O. The van der Waals surface area contributed by atoms with Crippen molar-refractivity contribution in [3.63, 3.8) is 0 Å². The third-order valence-electron chi connectivity index (χ3n) is 4.11. The number of aromatic amines is 1. The Bertz CT molecular complexity index is 954. The number of hydrogen-bond donors (Lipinski definition) is 1. The van der Waals surface area contributed by atoms with E-state index in [-0.39, 0.29) is 12.2 Å². The molecule has 1 aromatic heterocycles. The summed E-state index contributed by atoms with van der Waals surface area (Å²) in [5.74, 6) is -2.21. The van der Waals surface area contributed by atoms with Crippen molar-refractivity contribution in [2.75, 3.05) is 6.61 Å². The number of halogens is 1. The number of carbonyl (C=O) groups excluding carboxylic acids is 3. The number of hydrogen-bond acceptors (Lipinski definition) is 9. The van der Waals surface area contributed by atoms with Crippen LogP contribution in [0.15, 0.2) is 28.4 Å². The molecule has 1 N–H and O–H groups in total. The molecule has 2 heterocycles. The van der Waals surface area contributed by atoms with E-state index in [4.69, 9.17) is 18.9 Å². The molecule has 1 fully saturated rings. The summed E-state index contributed by atoms with van der Waals surface area (Å²) in [5.41, 5.74) is -1.25. The van der Waals surface area contributed by atoms with Gasteiger partial charge in [-0.15, -0.1) is 0 Å². The lowest BCUT2D eigenvalue weighted by Crippen LogP contribution is -2.45. The lowest BCUT2D eigenvalue weighted by molar-refractivity contribution is -0.166. The van der Waals surface area contributed by atoms with E-state index in [1.807, 2.05) is 0 Å². The van der Waals surface area contributed by atoms with Crippen molar-refractivity contribution in [3.05, 3.63) is 45.3 Å². The fourth-order valence-corrected chi connectivity index (χ4v) is 3.45. The molecule has 1 aromatic rings. The smallest absolute Gasteiger partial charge is 0.330 e. The van der Waals surface area contributed by atoms with Gasteiger partial charge in [-0.3, -0.25) is 28.7 Å². The fourth-order valence-electron chi connectivity index (χ4n) is 2.90. The van der Waals surface area contributed by atoms with Crippen molar-refractivity contribution in [1.29, 1.82) is 0 Å². The zero-order chi connectivity index (χ0) is 22.6. The largest absolute Gasteiger partial charge is 0.461 e. The van der Waals surface area contributed by atoms with Crippen LogP contribution in [0.2, 0.25) is 0 Å². The first kappa shape index (κ1) is 23.5. The maximum atomic E-state index is 12.4. The van der Waals surface area contributed by atoms with Crippen molar-refractivity contribution in [2.24, 2.45) is 0 Å². The van der Waals surface area contributed by atoms with Gasteiger partial charge in [0.1, 0.15) is 17.5 Å². The molecule has 164 valence electrons. The molecule has 0 spiro atoms. The minimum absolute atomic E-state index is 0.0682. The molecule has 1 aliphatic rings. The number of carbonyl (C=O) groups is 3. The Kier molecular flexibility index (Phi) is 7.73. The number of H-pyrrole nitrogens is 1. The van der Waals surface area contributed by atoms with Gasteiger partial charge in [0.05, 0.1) is 0 Å². The van der Waals surface area contributed by atoms with Crippen LogP contribution in [-0.4, -0.2) is 57.2 Å². The highest BCUT2D eigenvalue weighted by molar-refractivity contribution is 9.10. The van der Waals surface area contributed by atoms with Crippen molar-refractivity contribution in [2.45, 2.75) is 50.1 Å². The number of nitrogens with zero attached hydrogens (tertiary/aromatic N) is 1. The van der Waals surface area contributed by atoms with Gasteiger partial charge in [-0.25, -0.2) is 4.79 Å². The molecule has 30 heavy (non-hydrogen) atoms. The second-order valence-electron chi connectivity index (χ2n) is 6.44. The van der Waals surface area contributed by atoms with E-state index in [0.29, 0.717) is 0 Å². The number of nitrogens with one attached hydrogen (secondary N) is 1. The van der Waals surface area contributed by atoms with Crippen molar-refractivity contribution in [3.8, 4) is 0 Å². The highest BCUT2D eigenvalue weighted by Gasteiger charge is 2.54. The van der Waals surface area contributed by atoms with E-state index < -0.39 is 58.5 Å². The molecule has 12 heteroatoms. The summed E-state index contributed by atoms with van der Waals surface area (Å²) in [6.45, 7) is 7.10. The number of aromatic nitrogens is 2. The summed E-state index contributed by atoms with van der Waals surface area (Å²) in [7, 11) is 0. The molecule has 0 saturated carbocycles. The Hall–Kier alpha value is -2.73. The second kappa shape index (κ2) is 9.85. The standard InChI is InChI=1S/C18H21BrN2O9/c1-5-6-27-17(25)11(19)12-13(28-9(3)22)14(29-10(4)23)16(30-12)21-7-8(2)15(24)20-18(21)26/h5,7,11-14,16H,1,6H2,2-4H3,(H,20,24,26)/t11-,12+,13+,14+,16+/m0/s1. The molecule has 0 aliphatic carbocycles. The Morgan fingerprint density at radius 3 is 2.43 bits per heavy atom. The van der Waals surface area contributed by atoms with Crippen LogP contribution in [0.25, 0.3) is 0 Å². The fraction of sp³-hybridized carbons (Fsp3) is 0.500. The molecule has 1 saturated heterocycles. The lowest BCUT2D eigenvalue weighted by atomic mass is 10.1. The molecular formula is C18H21BrN2O9. The predicted molar refractivity (Wildman–Crippen MR) is 105 cm³/mol. The number of alkyl halides is 1. The average molecular weight is 489 g/mol. The van der Waals surface area contributed by atoms with Crippen LogP contribution in [0.4, 0.5) is 0 Å². The van der Waals surface area contributed by atoms with Crippen molar-refractivity contribution in [1.82, 2.24) is 9.55 Å². The minimum atomic E-state index is -1.29. The second-order valence-corrected chi connectivity index (χ2v) is 7.42. The third-order valence-corrected chi connectivity index (χ3v) is 5.00. The van der Waals surface area contributed by atoms with Gasteiger partial charge in [-0.1, -0.05) is 28.6 Å². The molecule has 1 aliphatic heterocycles. The highest BCUT2D eigenvalue weighted by Crippen LogP contribution is 2.37. The summed E-state index contributed by atoms with van der Waals surface area (Å²) in [6.07, 6.45) is -2.43. The first-order valence-corrected chi connectivity index (χ1v) is 9.72. The number of ether oxygens (including phenoxy) is 4.